The van der Waals surface area contributed by atoms with Crippen LogP contribution in [-0.4, -0.2) is 9.91 Å². The zero-order valence-corrected chi connectivity index (χ0v) is 9.22. The average Bonchev–Trinajstić information content (AvgIpc) is 2.14. The summed E-state index contributed by atoms with van der Waals surface area (Å²) in [6.45, 7) is 0. The van der Waals surface area contributed by atoms with Gasteiger partial charge < -0.3 is 0 Å². The van der Waals surface area contributed by atoms with Gasteiger partial charge in [0.1, 0.15) is 5.69 Å². The molecule has 0 fully saturated rings. The van der Waals surface area contributed by atoms with Crippen LogP contribution in [0, 0.1) is 10.1 Å². The van der Waals surface area contributed by atoms with Gasteiger partial charge in [0.2, 0.25) is 5.69 Å². The van der Waals surface area contributed by atoms with E-state index in [0.717, 1.165) is 0 Å². The van der Waals surface area contributed by atoms with Gasteiger partial charge in [-0.25, -0.2) is 13.8 Å². The van der Waals surface area contributed by atoms with Gasteiger partial charge in [-0.2, -0.15) is 13.2 Å². The number of halogens is 6. The molecule has 0 saturated heterocycles. The number of hydrogen-bond acceptors (Lipinski definition) is 3. The molecule has 0 aliphatic carbocycles. The van der Waals surface area contributed by atoms with Crippen LogP contribution in [0.3, 0.4) is 0 Å². The lowest BCUT2D eigenvalue weighted by atomic mass is 10.2. The van der Waals surface area contributed by atoms with Crippen molar-refractivity contribution in [3.8, 4) is 0 Å². The van der Waals surface area contributed by atoms with E-state index in [1.54, 1.807) is 0 Å². The maximum absolute atomic E-state index is 12.4. The highest BCUT2D eigenvalue weighted by Gasteiger charge is 2.41. The monoisotopic (exact) mass is 320 g/mol. The molecule has 0 aliphatic heterocycles. The Morgan fingerprint density at radius 2 is 1.94 bits per heavy atom. The van der Waals surface area contributed by atoms with Crippen molar-refractivity contribution in [2.24, 2.45) is 0 Å². The maximum Gasteiger partial charge on any atom is 0.440 e. The summed E-state index contributed by atoms with van der Waals surface area (Å²) >= 11 is 2.50. The third-order valence-electron chi connectivity index (χ3n) is 1.65. The molecule has 1 heterocycles. The van der Waals surface area contributed by atoms with Crippen LogP contribution in [-0.2, 0) is 6.18 Å². The second kappa shape index (κ2) is 4.51. The third-order valence-corrected chi connectivity index (χ3v) is 2.29. The molecule has 0 radical (unpaired) electrons. The Hall–Kier alpha value is -1.32. The fourth-order valence-electron chi connectivity index (χ4n) is 0.994. The lowest BCUT2D eigenvalue weighted by Crippen LogP contribution is -2.13. The molecule has 17 heavy (non-hydrogen) atoms. The quantitative estimate of drug-likeness (QED) is 0.474. The van der Waals surface area contributed by atoms with Crippen LogP contribution >= 0.6 is 15.9 Å². The number of aromatic nitrogens is 1. The van der Waals surface area contributed by atoms with Gasteiger partial charge in [-0.15, -0.1) is 0 Å². The molecule has 0 atom stereocenters. The van der Waals surface area contributed by atoms with Gasteiger partial charge in [-0.3, -0.25) is 10.1 Å². The van der Waals surface area contributed by atoms with Gasteiger partial charge in [-0.05, 0) is 15.9 Å². The molecular formula is C7H2BrF5N2O2. The van der Waals surface area contributed by atoms with Gasteiger partial charge in [0.25, 0.3) is 6.43 Å². The lowest BCUT2D eigenvalue weighted by molar-refractivity contribution is -0.388. The molecule has 94 valence electrons. The lowest BCUT2D eigenvalue weighted by Gasteiger charge is -2.09. The van der Waals surface area contributed by atoms with E-state index in [-0.39, 0.29) is 0 Å². The molecule has 1 aromatic rings. The molecule has 0 N–H and O–H groups in total. The molecular weight excluding hydrogens is 319 g/mol. The van der Waals surface area contributed by atoms with Crippen molar-refractivity contribution in [2.75, 3.05) is 0 Å². The smallest absolute Gasteiger partial charge is 0.258 e. The summed E-state index contributed by atoms with van der Waals surface area (Å²) in [5.74, 6) is 0. The summed E-state index contributed by atoms with van der Waals surface area (Å²) in [4.78, 5) is 11.6. The first kappa shape index (κ1) is 13.7. The Balaban J connectivity index is 3.54. The molecule has 4 nitrogen and oxygen atoms in total. The number of rotatable bonds is 2. The van der Waals surface area contributed by atoms with Crippen LogP contribution < -0.4 is 0 Å². The highest BCUT2D eigenvalue weighted by Crippen LogP contribution is 2.38. The van der Waals surface area contributed by atoms with E-state index in [0.29, 0.717) is 6.07 Å². The molecule has 10 heteroatoms. The summed E-state index contributed by atoms with van der Waals surface area (Å²) in [7, 11) is 0. The van der Waals surface area contributed by atoms with E-state index in [2.05, 4.69) is 20.9 Å². The Labute approximate surface area is 98.7 Å². The number of nitrogens with zero attached hydrogens (tertiary/aromatic N) is 2. The summed E-state index contributed by atoms with van der Waals surface area (Å²) < 4.78 is 61.1. The van der Waals surface area contributed by atoms with Gasteiger partial charge in [-0.1, -0.05) is 0 Å². The summed E-state index contributed by atoms with van der Waals surface area (Å²) in [5.41, 5.74) is -4.52. The van der Waals surface area contributed by atoms with Crippen LogP contribution in [0.15, 0.2) is 10.5 Å². The Bertz CT molecular complexity index is 462. The van der Waals surface area contributed by atoms with Gasteiger partial charge in [0.15, 0.2) is 0 Å². The largest absolute Gasteiger partial charge is 0.440 e. The average molecular weight is 321 g/mol. The molecule has 0 spiro atoms. The van der Waals surface area contributed by atoms with E-state index in [4.69, 9.17) is 0 Å². The third kappa shape index (κ3) is 2.87. The van der Waals surface area contributed by atoms with E-state index in [9.17, 15) is 32.1 Å². The molecule has 0 bridgehead atoms. The zero-order valence-electron chi connectivity index (χ0n) is 7.63. The minimum Gasteiger partial charge on any atom is -0.258 e. The minimum absolute atomic E-state index is 0.358. The molecule has 0 aliphatic rings. The molecule has 1 aromatic heterocycles. The Kier molecular flexibility index (Phi) is 3.65. The van der Waals surface area contributed by atoms with E-state index in [1.165, 1.54) is 0 Å². The second-order valence-corrected chi connectivity index (χ2v) is 3.63. The van der Waals surface area contributed by atoms with Crippen molar-refractivity contribution in [3.05, 3.63) is 32.0 Å². The fraction of sp³-hybridized carbons (Fsp3) is 0.286. The number of pyridine rings is 1. The molecule has 0 saturated carbocycles. The van der Waals surface area contributed by atoms with Crippen LogP contribution in [0.1, 0.15) is 17.8 Å². The van der Waals surface area contributed by atoms with Gasteiger partial charge in [0.05, 0.1) is 9.40 Å². The standard InChI is InChI=1S/C7H2BrF5N2O2/c8-2-1-3(15(16)17)5(7(11,12)13)14-4(2)6(9)10/h1,6H. The first-order chi connectivity index (χ1) is 7.64. The van der Waals surface area contributed by atoms with Gasteiger partial charge in [0, 0.05) is 6.07 Å². The molecule has 1 rings (SSSR count). The SMILES string of the molecule is O=[N+]([O-])c1cc(Br)c(C(F)F)nc1C(F)(F)F. The zero-order chi connectivity index (χ0) is 13.4. The predicted molar refractivity (Wildman–Crippen MR) is 48.6 cm³/mol. The normalized spacial score (nSPS) is 11.9. The van der Waals surface area contributed by atoms with Crippen LogP contribution in [0.4, 0.5) is 27.6 Å². The van der Waals surface area contributed by atoms with Crippen molar-refractivity contribution in [1.29, 1.82) is 0 Å². The number of alkyl halides is 5. The van der Waals surface area contributed by atoms with Crippen molar-refractivity contribution in [3.63, 3.8) is 0 Å². The van der Waals surface area contributed by atoms with E-state index < -0.39 is 39.1 Å². The Morgan fingerprint density at radius 3 is 2.29 bits per heavy atom. The molecule has 0 unspecified atom stereocenters. The van der Waals surface area contributed by atoms with Crippen molar-refractivity contribution >= 4 is 21.6 Å². The topological polar surface area (TPSA) is 56.0 Å². The summed E-state index contributed by atoms with van der Waals surface area (Å²) in [6.07, 6.45) is -8.45. The fourth-order valence-corrected chi connectivity index (χ4v) is 1.47. The predicted octanol–water partition coefficient (Wildman–Crippen LogP) is 3.71. The highest BCUT2D eigenvalue weighted by molar-refractivity contribution is 9.10. The van der Waals surface area contributed by atoms with E-state index >= 15 is 0 Å². The second-order valence-electron chi connectivity index (χ2n) is 2.78. The summed E-state index contributed by atoms with van der Waals surface area (Å²) in [5, 5.41) is 10.4. The number of hydrogen-bond donors (Lipinski definition) is 0. The van der Waals surface area contributed by atoms with Crippen molar-refractivity contribution in [2.45, 2.75) is 12.6 Å². The van der Waals surface area contributed by atoms with Crippen LogP contribution in [0.25, 0.3) is 0 Å². The van der Waals surface area contributed by atoms with Crippen molar-refractivity contribution < 1.29 is 26.9 Å². The van der Waals surface area contributed by atoms with E-state index in [1.807, 2.05) is 0 Å². The van der Waals surface area contributed by atoms with Gasteiger partial charge >= 0.3 is 11.9 Å². The first-order valence-electron chi connectivity index (χ1n) is 3.84. The highest BCUT2D eigenvalue weighted by atomic mass is 79.9. The molecule has 0 aromatic carbocycles. The Morgan fingerprint density at radius 1 is 1.41 bits per heavy atom. The van der Waals surface area contributed by atoms with Crippen molar-refractivity contribution in [1.82, 2.24) is 4.98 Å². The van der Waals surface area contributed by atoms with Crippen LogP contribution in [0.2, 0.25) is 0 Å². The molecule has 0 amide bonds. The minimum atomic E-state index is -5.17. The first-order valence-corrected chi connectivity index (χ1v) is 4.64. The number of nitro groups is 1. The summed E-state index contributed by atoms with van der Waals surface area (Å²) in [6, 6.07) is 0.358. The van der Waals surface area contributed by atoms with Crippen LogP contribution in [0.5, 0.6) is 0 Å². The maximum atomic E-state index is 12.4.